The largest absolute Gasteiger partial charge is 0.416 e. The number of benzene rings is 2. The Bertz CT molecular complexity index is 1050. The average molecular weight is 528 g/mol. The van der Waals surface area contributed by atoms with Gasteiger partial charge in [-0.3, -0.25) is 0 Å². The maximum atomic E-state index is 13.8. The molecule has 2 aromatic carbocycles. The Balaban J connectivity index is 0.00000289. The molecule has 4 N–H and O–H groups in total. The Morgan fingerprint density at radius 1 is 1.09 bits per heavy atom. The fourth-order valence-electron chi connectivity index (χ4n) is 5.44. The molecule has 0 saturated carbocycles. The summed E-state index contributed by atoms with van der Waals surface area (Å²) in [6, 6.07) is 9.86. The first-order valence-electron chi connectivity index (χ1n) is 12.0. The highest BCUT2D eigenvalue weighted by Crippen LogP contribution is 2.51. The second kappa shape index (κ2) is 10.3. The van der Waals surface area contributed by atoms with E-state index < -0.39 is 11.7 Å². The number of piperidine rings is 1. The zero-order chi connectivity index (χ0) is 24.0. The van der Waals surface area contributed by atoms with Gasteiger partial charge < -0.3 is 26.2 Å². The zero-order valence-electron chi connectivity index (χ0n) is 20.0. The third-order valence-corrected chi connectivity index (χ3v) is 8.30. The third-order valence-electron chi connectivity index (χ3n) is 7.20. The van der Waals surface area contributed by atoms with Crippen LogP contribution in [-0.4, -0.2) is 49.2 Å². The number of nitrogens with one attached hydrogen (secondary N) is 2. The number of hydrogen-bond donors (Lipinski definition) is 3. The molecule has 0 radical (unpaired) electrons. The summed E-state index contributed by atoms with van der Waals surface area (Å²) in [5.41, 5.74) is 8.35. The van der Waals surface area contributed by atoms with E-state index in [1.165, 1.54) is 23.9 Å². The molecule has 3 aliphatic rings. The van der Waals surface area contributed by atoms with Crippen molar-refractivity contribution < 1.29 is 13.2 Å². The molecular weight excluding hydrogens is 495 g/mol. The molecule has 35 heavy (non-hydrogen) atoms. The minimum atomic E-state index is -4.40. The zero-order valence-corrected chi connectivity index (χ0v) is 21.6. The van der Waals surface area contributed by atoms with Crippen LogP contribution in [0.4, 0.5) is 35.9 Å². The van der Waals surface area contributed by atoms with Crippen LogP contribution in [-0.2, 0) is 6.18 Å². The van der Waals surface area contributed by atoms with E-state index in [1.54, 1.807) is 0 Å². The van der Waals surface area contributed by atoms with Gasteiger partial charge >= 0.3 is 6.18 Å². The molecule has 10 heteroatoms. The first-order valence-corrected chi connectivity index (χ1v) is 12.9. The van der Waals surface area contributed by atoms with Crippen molar-refractivity contribution in [1.29, 1.82) is 0 Å². The Hall–Kier alpha value is -1.81. The molecule has 0 spiro atoms. The molecule has 2 aromatic rings. The second-order valence-corrected chi connectivity index (χ2v) is 10.8. The predicted molar refractivity (Wildman–Crippen MR) is 141 cm³/mol. The van der Waals surface area contributed by atoms with Gasteiger partial charge in [-0.25, -0.2) is 0 Å². The highest BCUT2D eigenvalue weighted by Gasteiger charge is 2.35. The molecule has 2 atom stereocenters. The summed E-state index contributed by atoms with van der Waals surface area (Å²) >= 11 is 1.41. The second-order valence-electron chi connectivity index (χ2n) is 9.69. The highest BCUT2D eigenvalue weighted by atomic mass is 35.5. The smallest absolute Gasteiger partial charge is 0.380 e. The standard InChI is InChI=1S/C25H32F3N5S.ClH/c1-15-11-16(2)33(15)19-3-4-20-22(14-19)34-23-13-17(25(26,27)28)12-21(24(23)31-20)30-18-5-8-32(9-6-18)10-7-29;/h3-4,12-16,18,30-31H,5-11,29H2,1-2H3;1H. The van der Waals surface area contributed by atoms with Gasteiger partial charge in [0, 0.05) is 59.8 Å². The summed E-state index contributed by atoms with van der Waals surface area (Å²) in [6.07, 6.45) is -1.49. The van der Waals surface area contributed by atoms with E-state index in [0.717, 1.165) is 60.9 Å². The van der Waals surface area contributed by atoms with Crippen molar-refractivity contribution in [1.82, 2.24) is 4.90 Å². The number of rotatable bonds is 5. The molecule has 0 bridgehead atoms. The molecule has 2 unspecified atom stereocenters. The van der Waals surface area contributed by atoms with Gasteiger partial charge in [-0.1, -0.05) is 11.8 Å². The van der Waals surface area contributed by atoms with Crippen molar-refractivity contribution in [3.8, 4) is 0 Å². The topological polar surface area (TPSA) is 56.6 Å². The van der Waals surface area contributed by atoms with Crippen LogP contribution in [0.5, 0.6) is 0 Å². The number of nitrogens with two attached hydrogens (primary N) is 1. The summed E-state index contributed by atoms with van der Waals surface area (Å²) in [4.78, 5) is 6.23. The lowest BCUT2D eigenvalue weighted by Crippen LogP contribution is -2.53. The molecule has 5 nitrogen and oxygen atoms in total. The van der Waals surface area contributed by atoms with Crippen molar-refractivity contribution in [3.63, 3.8) is 0 Å². The minimum Gasteiger partial charge on any atom is -0.380 e. The molecule has 3 heterocycles. The van der Waals surface area contributed by atoms with Gasteiger partial charge in [0.25, 0.3) is 0 Å². The molecule has 192 valence electrons. The van der Waals surface area contributed by atoms with E-state index in [1.807, 2.05) is 6.07 Å². The number of hydrogen-bond acceptors (Lipinski definition) is 6. The number of halogens is 4. The molecule has 0 aliphatic carbocycles. The number of anilines is 4. The van der Waals surface area contributed by atoms with Gasteiger partial charge in [-0.15, -0.1) is 12.4 Å². The van der Waals surface area contributed by atoms with Gasteiger partial charge in [0.1, 0.15) is 0 Å². The lowest BCUT2D eigenvalue weighted by Gasteiger charge is -2.47. The third kappa shape index (κ3) is 5.33. The number of alkyl halides is 3. The van der Waals surface area contributed by atoms with Crippen LogP contribution in [0.25, 0.3) is 0 Å². The molecule has 2 fully saturated rings. The van der Waals surface area contributed by atoms with Gasteiger partial charge in [0.05, 0.1) is 22.6 Å². The minimum absolute atomic E-state index is 0. The molecular formula is C25H33ClF3N5S. The van der Waals surface area contributed by atoms with Crippen LogP contribution in [0, 0.1) is 0 Å². The molecule has 0 aromatic heterocycles. The first-order chi connectivity index (χ1) is 16.2. The Morgan fingerprint density at radius 3 is 2.43 bits per heavy atom. The van der Waals surface area contributed by atoms with Crippen molar-refractivity contribution in [2.24, 2.45) is 5.73 Å². The maximum absolute atomic E-state index is 13.8. The van der Waals surface area contributed by atoms with Crippen LogP contribution < -0.4 is 21.3 Å². The summed E-state index contributed by atoms with van der Waals surface area (Å²) in [5.74, 6) is 0. The van der Waals surface area contributed by atoms with Gasteiger partial charge in [-0.05, 0) is 63.4 Å². The molecule has 2 saturated heterocycles. The Kier molecular flexibility index (Phi) is 7.71. The first kappa shape index (κ1) is 26.3. The normalized spacial score (nSPS) is 22.4. The van der Waals surface area contributed by atoms with Crippen molar-refractivity contribution in [3.05, 3.63) is 35.9 Å². The van der Waals surface area contributed by atoms with Gasteiger partial charge in [-0.2, -0.15) is 13.2 Å². The average Bonchev–Trinajstić information content (AvgIpc) is 2.78. The van der Waals surface area contributed by atoms with Crippen LogP contribution in [0.2, 0.25) is 0 Å². The SMILES string of the molecule is CC1CC(C)N1c1ccc2c(c1)Sc1cc(C(F)(F)F)cc(NC3CCN(CCN)CC3)c1N2.Cl. The predicted octanol–water partition coefficient (Wildman–Crippen LogP) is 6.16. The molecule has 5 rings (SSSR count). The van der Waals surface area contributed by atoms with E-state index in [0.29, 0.717) is 29.2 Å². The number of nitrogens with zero attached hydrogens (tertiary/aromatic N) is 2. The van der Waals surface area contributed by atoms with Crippen molar-refractivity contribution in [2.75, 3.05) is 41.7 Å². The fraction of sp³-hybridized carbons (Fsp3) is 0.520. The monoisotopic (exact) mass is 527 g/mol. The van der Waals surface area contributed by atoms with Gasteiger partial charge in [0.15, 0.2) is 0 Å². The Labute approximate surface area is 215 Å². The number of likely N-dealkylation sites (tertiary alicyclic amines) is 1. The lowest BCUT2D eigenvalue weighted by molar-refractivity contribution is -0.137. The summed E-state index contributed by atoms with van der Waals surface area (Å²) in [7, 11) is 0. The van der Waals surface area contributed by atoms with Crippen LogP contribution in [0.3, 0.4) is 0 Å². The van der Waals surface area contributed by atoms with E-state index in [9.17, 15) is 13.2 Å². The van der Waals surface area contributed by atoms with Crippen molar-refractivity contribution in [2.45, 2.75) is 67.2 Å². The molecule has 3 aliphatic heterocycles. The summed E-state index contributed by atoms with van der Waals surface area (Å²) in [5, 5.41) is 6.87. The lowest BCUT2D eigenvalue weighted by atomic mass is 9.94. The van der Waals surface area contributed by atoms with E-state index >= 15 is 0 Å². The van der Waals surface area contributed by atoms with Crippen molar-refractivity contribution >= 4 is 46.9 Å². The van der Waals surface area contributed by atoms with Crippen LogP contribution >= 0.6 is 24.2 Å². The number of fused-ring (bicyclic) bond motifs is 2. The van der Waals surface area contributed by atoms with E-state index in [4.69, 9.17) is 5.73 Å². The van der Waals surface area contributed by atoms with Crippen LogP contribution in [0.1, 0.15) is 38.7 Å². The molecule has 0 amide bonds. The summed E-state index contributed by atoms with van der Waals surface area (Å²) in [6.45, 7) is 7.69. The maximum Gasteiger partial charge on any atom is 0.416 e. The Morgan fingerprint density at radius 2 is 1.80 bits per heavy atom. The van der Waals surface area contributed by atoms with Gasteiger partial charge in [0.2, 0.25) is 0 Å². The summed E-state index contributed by atoms with van der Waals surface area (Å²) < 4.78 is 41.3. The van der Waals surface area contributed by atoms with E-state index in [-0.39, 0.29) is 18.4 Å². The highest BCUT2D eigenvalue weighted by molar-refractivity contribution is 7.99. The quantitative estimate of drug-likeness (QED) is 0.369. The fourth-order valence-corrected chi connectivity index (χ4v) is 6.54. The van der Waals surface area contributed by atoms with E-state index in [2.05, 4.69) is 46.4 Å². The van der Waals surface area contributed by atoms with Crippen LogP contribution in [0.15, 0.2) is 40.1 Å².